The fourth-order valence-corrected chi connectivity index (χ4v) is 2.52. The molecule has 0 radical (unpaired) electrons. The molecule has 0 saturated carbocycles. The van der Waals surface area contributed by atoms with Crippen LogP contribution in [0.3, 0.4) is 0 Å². The highest BCUT2D eigenvalue weighted by Gasteiger charge is 2.16. The van der Waals surface area contributed by atoms with Gasteiger partial charge in [-0.15, -0.1) is 0 Å². The van der Waals surface area contributed by atoms with E-state index in [0.29, 0.717) is 6.04 Å². The van der Waals surface area contributed by atoms with Gasteiger partial charge in [0.1, 0.15) is 0 Å². The Morgan fingerprint density at radius 1 is 1.29 bits per heavy atom. The van der Waals surface area contributed by atoms with E-state index in [1.54, 1.807) is 0 Å². The predicted octanol–water partition coefficient (Wildman–Crippen LogP) is 2.30. The lowest BCUT2D eigenvalue weighted by molar-refractivity contribution is 0.195. The molecule has 2 heteroatoms. The van der Waals surface area contributed by atoms with Gasteiger partial charge in [0.2, 0.25) is 0 Å². The Balaban J connectivity index is 1.68. The van der Waals surface area contributed by atoms with Crippen molar-refractivity contribution in [3.05, 3.63) is 35.9 Å². The van der Waals surface area contributed by atoms with Crippen LogP contribution in [0.5, 0.6) is 0 Å². The minimum atomic E-state index is 0.709. The molecule has 94 valence electrons. The summed E-state index contributed by atoms with van der Waals surface area (Å²) in [4.78, 5) is 2.60. The zero-order valence-electron chi connectivity index (χ0n) is 10.9. The van der Waals surface area contributed by atoms with Crippen molar-refractivity contribution in [2.75, 3.05) is 26.2 Å². The molecule has 0 amide bonds. The first-order valence-electron chi connectivity index (χ1n) is 6.88. The quantitative estimate of drug-likeness (QED) is 0.838. The minimum Gasteiger partial charge on any atom is -0.311 e. The molecular weight excluding hydrogens is 208 g/mol. The number of hydrogen-bond donors (Lipinski definition) is 1. The Morgan fingerprint density at radius 3 is 2.88 bits per heavy atom. The lowest BCUT2D eigenvalue weighted by Gasteiger charge is -2.33. The Kier molecular flexibility index (Phi) is 5.02. The minimum absolute atomic E-state index is 0.709. The van der Waals surface area contributed by atoms with E-state index in [9.17, 15) is 0 Å². The molecule has 2 nitrogen and oxygen atoms in total. The maximum atomic E-state index is 3.57. The van der Waals surface area contributed by atoms with Gasteiger partial charge in [0.15, 0.2) is 0 Å². The summed E-state index contributed by atoms with van der Waals surface area (Å²) in [5.74, 6) is 0. The standard InChI is InChI=1S/C15H24N2/c1-2-15-13-17(12-10-16-15)11-6-9-14-7-4-3-5-8-14/h3-5,7-8,15-16H,2,6,9-13H2,1H3. The zero-order valence-corrected chi connectivity index (χ0v) is 10.9. The monoisotopic (exact) mass is 232 g/mol. The predicted molar refractivity (Wildman–Crippen MR) is 73.3 cm³/mol. The summed E-state index contributed by atoms with van der Waals surface area (Å²) in [6.45, 7) is 7.11. The van der Waals surface area contributed by atoms with Crippen molar-refractivity contribution in [2.24, 2.45) is 0 Å². The van der Waals surface area contributed by atoms with Crippen LogP contribution in [0.25, 0.3) is 0 Å². The Morgan fingerprint density at radius 2 is 2.12 bits per heavy atom. The lowest BCUT2D eigenvalue weighted by Crippen LogP contribution is -2.50. The summed E-state index contributed by atoms with van der Waals surface area (Å²) >= 11 is 0. The summed E-state index contributed by atoms with van der Waals surface area (Å²) in [5.41, 5.74) is 1.47. The van der Waals surface area contributed by atoms with E-state index in [1.807, 2.05) is 0 Å². The van der Waals surface area contributed by atoms with E-state index < -0.39 is 0 Å². The molecule has 1 aliphatic rings. The maximum Gasteiger partial charge on any atom is 0.0192 e. The van der Waals surface area contributed by atoms with Gasteiger partial charge in [-0.2, -0.15) is 0 Å². The second kappa shape index (κ2) is 6.77. The maximum absolute atomic E-state index is 3.57. The third kappa shape index (κ3) is 4.14. The highest BCUT2D eigenvalue weighted by Crippen LogP contribution is 2.06. The van der Waals surface area contributed by atoms with Gasteiger partial charge < -0.3 is 10.2 Å². The first-order chi connectivity index (χ1) is 8.38. The summed E-state index contributed by atoms with van der Waals surface area (Å²) in [6.07, 6.45) is 3.73. The van der Waals surface area contributed by atoms with Crippen molar-refractivity contribution < 1.29 is 0 Å². The molecule has 1 aromatic rings. The van der Waals surface area contributed by atoms with Crippen LogP contribution in [0.1, 0.15) is 25.3 Å². The fraction of sp³-hybridized carbons (Fsp3) is 0.600. The van der Waals surface area contributed by atoms with Gasteiger partial charge in [0.25, 0.3) is 0 Å². The van der Waals surface area contributed by atoms with E-state index in [4.69, 9.17) is 0 Å². The van der Waals surface area contributed by atoms with Crippen molar-refractivity contribution in [3.8, 4) is 0 Å². The highest BCUT2D eigenvalue weighted by atomic mass is 15.2. The van der Waals surface area contributed by atoms with Gasteiger partial charge in [-0.3, -0.25) is 0 Å². The van der Waals surface area contributed by atoms with Crippen LogP contribution in [0.2, 0.25) is 0 Å². The van der Waals surface area contributed by atoms with Gasteiger partial charge in [-0.25, -0.2) is 0 Å². The van der Waals surface area contributed by atoms with E-state index >= 15 is 0 Å². The van der Waals surface area contributed by atoms with Gasteiger partial charge in [-0.1, -0.05) is 37.3 Å². The smallest absolute Gasteiger partial charge is 0.0192 e. The van der Waals surface area contributed by atoms with Gasteiger partial charge in [0.05, 0.1) is 0 Å². The van der Waals surface area contributed by atoms with Crippen molar-refractivity contribution in [1.29, 1.82) is 0 Å². The summed E-state index contributed by atoms with van der Waals surface area (Å²) < 4.78 is 0. The summed E-state index contributed by atoms with van der Waals surface area (Å²) in [6, 6.07) is 11.5. The highest BCUT2D eigenvalue weighted by molar-refractivity contribution is 5.14. The van der Waals surface area contributed by atoms with Crippen LogP contribution in [-0.2, 0) is 6.42 Å². The van der Waals surface area contributed by atoms with Gasteiger partial charge >= 0.3 is 0 Å². The van der Waals surface area contributed by atoms with Crippen LogP contribution in [0.15, 0.2) is 30.3 Å². The molecule has 1 saturated heterocycles. The molecule has 0 aromatic heterocycles. The number of benzene rings is 1. The van der Waals surface area contributed by atoms with Crippen LogP contribution in [0.4, 0.5) is 0 Å². The fourth-order valence-electron chi connectivity index (χ4n) is 2.52. The SMILES string of the molecule is CCC1CN(CCCc2ccccc2)CCN1. The zero-order chi connectivity index (χ0) is 11.9. The Labute approximate surface area is 105 Å². The number of hydrogen-bond acceptors (Lipinski definition) is 2. The van der Waals surface area contributed by atoms with Crippen LogP contribution in [-0.4, -0.2) is 37.1 Å². The third-order valence-electron chi connectivity index (χ3n) is 3.62. The molecule has 1 fully saturated rings. The molecular formula is C15H24N2. The molecule has 0 bridgehead atoms. The Hall–Kier alpha value is -0.860. The average molecular weight is 232 g/mol. The second-order valence-electron chi connectivity index (χ2n) is 4.95. The molecule has 1 unspecified atom stereocenters. The van der Waals surface area contributed by atoms with Gasteiger partial charge in [-0.05, 0) is 31.4 Å². The molecule has 1 atom stereocenters. The summed E-state index contributed by atoms with van der Waals surface area (Å²) in [5, 5.41) is 3.57. The van der Waals surface area contributed by atoms with Gasteiger partial charge in [0, 0.05) is 25.7 Å². The molecule has 2 rings (SSSR count). The number of piperazine rings is 1. The average Bonchev–Trinajstić information content (AvgIpc) is 2.40. The number of nitrogens with zero attached hydrogens (tertiary/aromatic N) is 1. The number of nitrogens with one attached hydrogen (secondary N) is 1. The molecule has 17 heavy (non-hydrogen) atoms. The first kappa shape index (κ1) is 12.6. The molecule has 0 aliphatic carbocycles. The van der Waals surface area contributed by atoms with E-state index in [-0.39, 0.29) is 0 Å². The molecule has 1 aromatic carbocycles. The molecule has 0 spiro atoms. The normalized spacial score (nSPS) is 21.6. The van der Waals surface area contributed by atoms with Crippen molar-refractivity contribution in [2.45, 2.75) is 32.2 Å². The van der Waals surface area contributed by atoms with Crippen LogP contribution < -0.4 is 5.32 Å². The van der Waals surface area contributed by atoms with E-state index in [1.165, 1.54) is 44.5 Å². The third-order valence-corrected chi connectivity index (χ3v) is 3.62. The largest absolute Gasteiger partial charge is 0.311 e. The van der Waals surface area contributed by atoms with Crippen molar-refractivity contribution in [1.82, 2.24) is 10.2 Å². The Bertz CT molecular complexity index is 310. The van der Waals surface area contributed by atoms with Crippen LogP contribution in [0, 0.1) is 0 Å². The molecule has 1 N–H and O–H groups in total. The molecule has 1 heterocycles. The second-order valence-corrected chi connectivity index (χ2v) is 4.95. The number of aryl methyl sites for hydroxylation is 1. The molecule has 1 aliphatic heterocycles. The van der Waals surface area contributed by atoms with E-state index in [0.717, 1.165) is 6.54 Å². The lowest BCUT2D eigenvalue weighted by atomic mass is 10.1. The van der Waals surface area contributed by atoms with E-state index in [2.05, 4.69) is 47.5 Å². The van der Waals surface area contributed by atoms with Crippen molar-refractivity contribution >= 4 is 0 Å². The topological polar surface area (TPSA) is 15.3 Å². The first-order valence-corrected chi connectivity index (χ1v) is 6.88. The van der Waals surface area contributed by atoms with Crippen LogP contribution >= 0.6 is 0 Å². The van der Waals surface area contributed by atoms with Crippen molar-refractivity contribution in [3.63, 3.8) is 0 Å². The summed E-state index contributed by atoms with van der Waals surface area (Å²) in [7, 11) is 0. The number of rotatable bonds is 5.